The van der Waals surface area contributed by atoms with Gasteiger partial charge in [-0.3, -0.25) is 14.5 Å². The number of nitrogens with zero attached hydrogens (tertiary/aromatic N) is 4. The highest BCUT2D eigenvalue weighted by Gasteiger charge is 2.34. The molecule has 212 valence electrons. The summed E-state index contributed by atoms with van der Waals surface area (Å²) in [6, 6.07) is 8.46. The second kappa shape index (κ2) is 10.6. The molecule has 3 heterocycles. The number of halogens is 3. The van der Waals surface area contributed by atoms with Gasteiger partial charge in [0.15, 0.2) is 5.82 Å². The van der Waals surface area contributed by atoms with E-state index >= 15 is 0 Å². The molecular formula is C28H31F3N6O3. The molecule has 0 unspecified atom stereocenters. The molecular weight excluding hydrogens is 525 g/mol. The molecule has 2 amide bonds. The van der Waals surface area contributed by atoms with Crippen LogP contribution in [0.1, 0.15) is 73.7 Å². The van der Waals surface area contributed by atoms with Crippen LogP contribution in [0.3, 0.4) is 0 Å². The Bertz CT molecular complexity index is 1410. The Morgan fingerprint density at radius 3 is 2.50 bits per heavy atom. The zero-order chi connectivity index (χ0) is 28.7. The number of pyridine rings is 1. The third-order valence-electron chi connectivity index (χ3n) is 6.94. The molecule has 0 saturated heterocycles. The Labute approximate surface area is 229 Å². The molecule has 12 heteroatoms. The van der Waals surface area contributed by atoms with Crippen LogP contribution in [0.2, 0.25) is 0 Å². The van der Waals surface area contributed by atoms with E-state index in [1.165, 1.54) is 4.90 Å². The van der Waals surface area contributed by atoms with Crippen molar-refractivity contribution in [1.82, 2.24) is 25.3 Å². The zero-order valence-corrected chi connectivity index (χ0v) is 22.5. The summed E-state index contributed by atoms with van der Waals surface area (Å²) in [4.78, 5) is 34.9. The van der Waals surface area contributed by atoms with Crippen LogP contribution in [-0.4, -0.2) is 51.1 Å². The first-order valence-corrected chi connectivity index (χ1v) is 13.2. The molecule has 3 aromatic rings. The van der Waals surface area contributed by atoms with Crippen LogP contribution >= 0.6 is 0 Å². The molecule has 1 fully saturated rings. The van der Waals surface area contributed by atoms with Crippen LogP contribution < -0.4 is 10.6 Å². The van der Waals surface area contributed by atoms with Crippen LogP contribution in [-0.2, 0) is 16.8 Å². The van der Waals surface area contributed by atoms with E-state index in [0.717, 1.165) is 24.0 Å². The minimum atomic E-state index is -4.37. The van der Waals surface area contributed by atoms with Crippen LogP contribution in [0.25, 0.3) is 11.1 Å². The molecule has 1 aliphatic carbocycles. The summed E-state index contributed by atoms with van der Waals surface area (Å²) < 4.78 is 45.2. The number of carbonyl (C=O) groups is 2. The molecule has 1 saturated carbocycles. The standard InChI is InChI=1S/C28H31F3N6O3/c1-27(2,3)26-35-25(40-36-26)24(39)33-21-9-11-37(15-28(29,30)31)14-19-12-17(6-7-20(19)21)18-8-10-32-22(13-18)34-23(38)16-4-5-16/h6-8,10,12-13,16,21H,4-5,9,11,14-15H2,1-3H3,(H,33,39)(H,32,34,38)/t21-/m0/s1. The number of nitrogens with one attached hydrogen (secondary N) is 2. The van der Waals surface area contributed by atoms with Gasteiger partial charge in [0.1, 0.15) is 5.82 Å². The highest BCUT2D eigenvalue weighted by molar-refractivity contribution is 5.93. The van der Waals surface area contributed by atoms with Crippen molar-refractivity contribution in [3.63, 3.8) is 0 Å². The number of anilines is 1. The number of hydrogen-bond donors (Lipinski definition) is 2. The predicted octanol–water partition coefficient (Wildman–Crippen LogP) is 5.02. The quantitative estimate of drug-likeness (QED) is 0.439. The Kier molecular flexibility index (Phi) is 7.38. The van der Waals surface area contributed by atoms with Crippen molar-refractivity contribution in [2.45, 2.75) is 64.2 Å². The second-order valence-electron chi connectivity index (χ2n) is 11.4. The highest BCUT2D eigenvalue weighted by atomic mass is 19.4. The smallest absolute Gasteiger partial charge is 0.341 e. The first kappa shape index (κ1) is 27.8. The summed E-state index contributed by atoms with van der Waals surface area (Å²) >= 11 is 0. The molecule has 1 aromatic carbocycles. The van der Waals surface area contributed by atoms with Gasteiger partial charge in [-0.2, -0.15) is 18.2 Å². The van der Waals surface area contributed by atoms with Crippen molar-refractivity contribution in [3.05, 3.63) is 59.4 Å². The van der Waals surface area contributed by atoms with Gasteiger partial charge in [0.05, 0.1) is 12.6 Å². The molecule has 1 atom stereocenters. The molecule has 9 nitrogen and oxygen atoms in total. The molecule has 5 rings (SSSR count). The van der Waals surface area contributed by atoms with Crippen LogP contribution in [0.15, 0.2) is 41.1 Å². The summed E-state index contributed by atoms with van der Waals surface area (Å²) in [5.74, 6) is -0.0254. The van der Waals surface area contributed by atoms with Crippen molar-refractivity contribution in [1.29, 1.82) is 0 Å². The Balaban J connectivity index is 1.42. The lowest BCUT2D eigenvalue weighted by atomic mass is 9.94. The molecule has 2 aromatic heterocycles. The first-order valence-electron chi connectivity index (χ1n) is 13.2. The van der Waals surface area contributed by atoms with Gasteiger partial charge < -0.3 is 15.2 Å². The van der Waals surface area contributed by atoms with Crippen molar-refractivity contribution < 1.29 is 27.3 Å². The topological polar surface area (TPSA) is 113 Å². The van der Waals surface area contributed by atoms with Gasteiger partial charge in [-0.15, -0.1) is 0 Å². The number of rotatable bonds is 6. The van der Waals surface area contributed by atoms with E-state index in [0.29, 0.717) is 22.8 Å². The monoisotopic (exact) mass is 556 g/mol. The maximum Gasteiger partial charge on any atom is 0.401 e. The Morgan fingerprint density at radius 2 is 1.82 bits per heavy atom. The lowest BCUT2D eigenvalue weighted by molar-refractivity contribution is -0.147. The molecule has 2 N–H and O–H groups in total. The number of alkyl halides is 3. The molecule has 0 bridgehead atoms. The Morgan fingerprint density at radius 1 is 1.07 bits per heavy atom. The molecule has 0 radical (unpaired) electrons. The Hall–Kier alpha value is -3.80. The van der Waals surface area contributed by atoms with Gasteiger partial charge in [-0.1, -0.05) is 38.1 Å². The highest BCUT2D eigenvalue weighted by Crippen LogP contribution is 2.34. The maximum atomic E-state index is 13.3. The zero-order valence-electron chi connectivity index (χ0n) is 22.5. The van der Waals surface area contributed by atoms with Crippen molar-refractivity contribution in [2.24, 2.45) is 5.92 Å². The van der Waals surface area contributed by atoms with Crippen LogP contribution in [0.4, 0.5) is 19.0 Å². The van der Waals surface area contributed by atoms with Gasteiger partial charge in [-0.05, 0) is 59.7 Å². The first-order chi connectivity index (χ1) is 18.9. The summed E-state index contributed by atoms with van der Waals surface area (Å²) in [5, 5.41) is 9.60. The van der Waals surface area contributed by atoms with Gasteiger partial charge in [0.25, 0.3) is 0 Å². The largest absolute Gasteiger partial charge is 0.401 e. The summed E-state index contributed by atoms with van der Waals surface area (Å²) in [6.07, 6.45) is -0.785. The lowest BCUT2D eigenvalue weighted by Crippen LogP contribution is -2.35. The minimum absolute atomic E-state index is 0.0249. The van der Waals surface area contributed by atoms with Crippen LogP contribution in [0, 0.1) is 5.92 Å². The average molecular weight is 557 g/mol. The fourth-order valence-electron chi connectivity index (χ4n) is 4.68. The van der Waals surface area contributed by atoms with Crippen molar-refractivity contribution in [3.8, 4) is 11.1 Å². The number of carbonyl (C=O) groups excluding carboxylic acids is 2. The molecule has 1 aliphatic heterocycles. The fourth-order valence-corrected chi connectivity index (χ4v) is 4.68. The number of benzene rings is 1. The van der Waals surface area contributed by atoms with E-state index in [1.807, 2.05) is 39.0 Å². The predicted molar refractivity (Wildman–Crippen MR) is 140 cm³/mol. The van der Waals surface area contributed by atoms with E-state index in [-0.39, 0.29) is 37.2 Å². The number of fused-ring (bicyclic) bond motifs is 1. The third-order valence-corrected chi connectivity index (χ3v) is 6.94. The number of aromatic nitrogens is 3. The minimum Gasteiger partial charge on any atom is -0.341 e. The van der Waals surface area contributed by atoms with E-state index in [2.05, 4.69) is 25.8 Å². The summed E-state index contributed by atoms with van der Waals surface area (Å²) in [6.45, 7) is 4.78. The van der Waals surface area contributed by atoms with E-state index < -0.39 is 30.1 Å². The number of hydrogen-bond acceptors (Lipinski definition) is 7. The molecule has 40 heavy (non-hydrogen) atoms. The molecule has 2 aliphatic rings. The normalized spacial score (nSPS) is 18.1. The van der Waals surface area contributed by atoms with Gasteiger partial charge in [0, 0.05) is 30.6 Å². The SMILES string of the molecule is CC(C)(C)c1noc(C(=O)N[C@H]2CCN(CC(F)(F)F)Cc3cc(-c4ccnc(NC(=O)C5CC5)c4)ccc32)n1. The van der Waals surface area contributed by atoms with Crippen molar-refractivity contribution in [2.75, 3.05) is 18.4 Å². The lowest BCUT2D eigenvalue weighted by Gasteiger charge is -2.22. The molecule has 0 spiro atoms. The van der Waals surface area contributed by atoms with Gasteiger partial charge in [0.2, 0.25) is 5.91 Å². The van der Waals surface area contributed by atoms with Gasteiger partial charge in [-0.25, -0.2) is 4.98 Å². The average Bonchev–Trinajstić information content (AvgIpc) is 3.63. The van der Waals surface area contributed by atoms with Crippen molar-refractivity contribution >= 4 is 17.6 Å². The van der Waals surface area contributed by atoms with E-state index in [1.54, 1.807) is 18.3 Å². The van der Waals surface area contributed by atoms with E-state index in [4.69, 9.17) is 4.52 Å². The number of amides is 2. The van der Waals surface area contributed by atoms with Crippen LogP contribution in [0.5, 0.6) is 0 Å². The summed E-state index contributed by atoms with van der Waals surface area (Å²) in [5.41, 5.74) is 2.48. The van der Waals surface area contributed by atoms with Gasteiger partial charge >= 0.3 is 18.0 Å². The summed E-state index contributed by atoms with van der Waals surface area (Å²) in [7, 11) is 0. The third kappa shape index (κ3) is 6.67. The van der Waals surface area contributed by atoms with E-state index in [9.17, 15) is 22.8 Å². The maximum absolute atomic E-state index is 13.3. The fraction of sp³-hybridized carbons (Fsp3) is 0.464. The second-order valence-corrected chi connectivity index (χ2v) is 11.4.